The first kappa shape index (κ1) is 15.2. The number of rotatable bonds is 6. The lowest BCUT2D eigenvalue weighted by molar-refractivity contribution is -0.145. The fraction of sp³-hybridized carbons (Fsp3) is 0.154. The third-order valence-electron chi connectivity index (χ3n) is 2.54. The van der Waals surface area contributed by atoms with Crippen molar-refractivity contribution in [2.24, 2.45) is 0 Å². The summed E-state index contributed by atoms with van der Waals surface area (Å²) in [6, 6.07) is 5.73. The standard InChI is InChI=1S/C13H12N4O5/c18-11(19)5-12(20)22-10-3-1-8(2-4-10)13(21)14-6-9-7-15-17-16-9/h1-4,7H,5-6H2,(H,14,21)(H,18,19)(H,15,16,17). The van der Waals surface area contributed by atoms with Crippen LogP contribution in [0.1, 0.15) is 22.5 Å². The van der Waals surface area contributed by atoms with Crippen LogP contribution in [0.4, 0.5) is 0 Å². The Bertz CT molecular complexity index is 666. The van der Waals surface area contributed by atoms with E-state index >= 15 is 0 Å². The van der Waals surface area contributed by atoms with Gasteiger partial charge in [0.2, 0.25) is 0 Å². The Morgan fingerprint density at radius 3 is 2.55 bits per heavy atom. The highest BCUT2D eigenvalue weighted by Gasteiger charge is 2.11. The molecular formula is C13H12N4O5. The Balaban J connectivity index is 1.89. The smallest absolute Gasteiger partial charge is 0.322 e. The summed E-state index contributed by atoms with van der Waals surface area (Å²) >= 11 is 0. The van der Waals surface area contributed by atoms with Crippen LogP contribution >= 0.6 is 0 Å². The van der Waals surface area contributed by atoms with Crippen molar-refractivity contribution < 1.29 is 24.2 Å². The summed E-state index contributed by atoms with van der Waals surface area (Å²) in [6.07, 6.45) is 0.769. The second-order valence-corrected chi connectivity index (χ2v) is 4.21. The van der Waals surface area contributed by atoms with Crippen LogP contribution in [0.3, 0.4) is 0 Å². The number of aliphatic carboxylic acids is 1. The van der Waals surface area contributed by atoms with Crippen LogP contribution in [0.15, 0.2) is 30.5 Å². The highest BCUT2D eigenvalue weighted by atomic mass is 16.5. The van der Waals surface area contributed by atoms with Gasteiger partial charge in [0.25, 0.3) is 5.91 Å². The molecule has 1 aromatic carbocycles. The molecule has 1 heterocycles. The largest absolute Gasteiger partial charge is 0.481 e. The van der Waals surface area contributed by atoms with E-state index in [1.807, 2.05) is 0 Å². The molecule has 0 aliphatic heterocycles. The van der Waals surface area contributed by atoms with E-state index in [-0.39, 0.29) is 18.2 Å². The molecule has 9 nitrogen and oxygen atoms in total. The zero-order valence-corrected chi connectivity index (χ0v) is 11.3. The quantitative estimate of drug-likeness (QED) is 0.392. The molecule has 0 saturated carbocycles. The van der Waals surface area contributed by atoms with E-state index in [4.69, 9.17) is 9.84 Å². The molecular weight excluding hydrogens is 292 g/mol. The van der Waals surface area contributed by atoms with E-state index in [1.165, 1.54) is 30.5 Å². The molecule has 0 fully saturated rings. The molecule has 22 heavy (non-hydrogen) atoms. The van der Waals surface area contributed by atoms with E-state index in [2.05, 4.69) is 20.7 Å². The molecule has 114 valence electrons. The third-order valence-corrected chi connectivity index (χ3v) is 2.54. The Hall–Kier alpha value is -3.23. The van der Waals surface area contributed by atoms with Gasteiger partial charge < -0.3 is 15.2 Å². The van der Waals surface area contributed by atoms with Crippen molar-refractivity contribution in [3.63, 3.8) is 0 Å². The molecule has 0 aliphatic rings. The van der Waals surface area contributed by atoms with Gasteiger partial charge in [-0.3, -0.25) is 14.4 Å². The summed E-state index contributed by atoms with van der Waals surface area (Å²) in [5, 5.41) is 20.9. The first-order valence-electron chi connectivity index (χ1n) is 6.20. The fourth-order valence-corrected chi connectivity index (χ4v) is 1.55. The molecule has 0 bridgehead atoms. The molecule has 2 aromatic rings. The molecule has 0 atom stereocenters. The van der Waals surface area contributed by atoms with Crippen LogP contribution in [-0.4, -0.2) is 38.4 Å². The minimum Gasteiger partial charge on any atom is -0.481 e. The van der Waals surface area contributed by atoms with E-state index < -0.39 is 18.4 Å². The van der Waals surface area contributed by atoms with Crippen molar-refractivity contribution in [3.8, 4) is 5.75 Å². The average Bonchev–Trinajstić information content (AvgIpc) is 2.98. The van der Waals surface area contributed by atoms with E-state index in [1.54, 1.807) is 0 Å². The number of carboxylic acids is 1. The minimum absolute atomic E-state index is 0.166. The van der Waals surface area contributed by atoms with Crippen molar-refractivity contribution in [1.29, 1.82) is 0 Å². The number of amides is 1. The SMILES string of the molecule is O=C(O)CC(=O)Oc1ccc(C(=O)NCc2cn[nH]n2)cc1. The monoisotopic (exact) mass is 304 g/mol. The number of aromatic nitrogens is 3. The summed E-state index contributed by atoms with van der Waals surface area (Å²) in [5.41, 5.74) is 0.953. The number of H-pyrrole nitrogens is 1. The lowest BCUT2D eigenvalue weighted by Gasteiger charge is -2.05. The van der Waals surface area contributed by atoms with E-state index in [0.29, 0.717) is 11.3 Å². The molecule has 3 N–H and O–H groups in total. The molecule has 2 rings (SSSR count). The highest BCUT2D eigenvalue weighted by Crippen LogP contribution is 2.13. The van der Waals surface area contributed by atoms with Crippen molar-refractivity contribution in [3.05, 3.63) is 41.7 Å². The zero-order chi connectivity index (χ0) is 15.9. The number of nitrogens with zero attached hydrogens (tertiary/aromatic N) is 2. The summed E-state index contributed by atoms with van der Waals surface area (Å²) in [6.45, 7) is 0.227. The van der Waals surface area contributed by atoms with Gasteiger partial charge in [0, 0.05) is 5.56 Å². The number of carbonyl (C=O) groups excluding carboxylic acids is 2. The van der Waals surface area contributed by atoms with Crippen LogP contribution in [0.25, 0.3) is 0 Å². The Morgan fingerprint density at radius 1 is 1.23 bits per heavy atom. The summed E-state index contributed by atoms with van der Waals surface area (Å²) < 4.78 is 4.80. The Morgan fingerprint density at radius 2 is 1.95 bits per heavy atom. The zero-order valence-electron chi connectivity index (χ0n) is 11.3. The van der Waals surface area contributed by atoms with Crippen molar-refractivity contribution in [2.75, 3.05) is 0 Å². The van der Waals surface area contributed by atoms with Gasteiger partial charge in [-0.25, -0.2) is 0 Å². The van der Waals surface area contributed by atoms with Crippen LogP contribution in [0.2, 0.25) is 0 Å². The van der Waals surface area contributed by atoms with E-state index in [9.17, 15) is 14.4 Å². The summed E-state index contributed by atoms with van der Waals surface area (Å²) in [4.78, 5) is 33.4. The van der Waals surface area contributed by atoms with Gasteiger partial charge in [-0.2, -0.15) is 15.4 Å². The average molecular weight is 304 g/mol. The molecule has 0 unspecified atom stereocenters. The highest BCUT2D eigenvalue weighted by molar-refractivity contribution is 5.94. The predicted molar refractivity (Wildman–Crippen MR) is 71.9 cm³/mol. The molecule has 0 aliphatic carbocycles. The molecule has 1 aromatic heterocycles. The van der Waals surface area contributed by atoms with Crippen LogP contribution in [0.5, 0.6) is 5.75 Å². The van der Waals surface area contributed by atoms with Gasteiger partial charge in [-0.05, 0) is 24.3 Å². The number of esters is 1. The number of hydrogen-bond acceptors (Lipinski definition) is 6. The van der Waals surface area contributed by atoms with Crippen LogP contribution < -0.4 is 10.1 Å². The number of nitrogens with one attached hydrogen (secondary N) is 2. The second kappa shape index (κ2) is 6.97. The molecule has 0 saturated heterocycles. The molecule has 0 spiro atoms. The van der Waals surface area contributed by atoms with E-state index in [0.717, 1.165) is 0 Å². The first-order valence-corrected chi connectivity index (χ1v) is 6.20. The van der Waals surface area contributed by atoms with Crippen LogP contribution in [0, 0.1) is 0 Å². The first-order chi connectivity index (χ1) is 10.5. The Kier molecular flexibility index (Phi) is 4.81. The number of ether oxygens (including phenoxy) is 1. The number of carbonyl (C=O) groups is 3. The fourth-order valence-electron chi connectivity index (χ4n) is 1.55. The molecule has 9 heteroatoms. The third kappa shape index (κ3) is 4.40. The van der Waals surface area contributed by atoms with Gasteiger partial charge >= 0.3 is 11.9 Å². The maximum absolute atomic E-state index is 11.9. The van der Waals surface area contributed by atoms with Crippen molar-refractivity contribution in [2.45, 2.75) is 13.0 Å². The number of hydrogen-bond donors (Lipinski definition) is 3. The Labute approximate surface area is 124 Å². The molecule has 0 radical (unpaired) electrons. The minimum atomic E-state index is -1.27. The predicted octanol–water partition coefficient (Wildman–Crippen LogP) is 0.115. The van der Waals surface area contributed by atoms with Gasteiger partial charge in [-0.15, -0.1) is 0 Å². The second-order valence-electron chi connectivity index (χ2n) is 4.21. The topological polar surface area (TPSA) is 134 Å². The normalized spacial score (nSPS) is 10.0. The van der Waals surface area contributed by atoms with Crippen molar-refractivity contribution >= 4 is 17.8 Å². The number of carboxylic acid groups (broad SMARTS) is 1. The van der Waals surface area contributed by atoms with Crippen molar-refractivity contribution in [1.82, 2.24) is 20.7 Å². The number of benzene rings is 1. The lowest BCUT2D eigenvalue weighted by atomic mass is 10.2. The van der Waals surface area contributed by atoms with Gasteiger partial charge in [0.15, 0.2) is 0 Å². The van der Waals surface area contributed by atoms with Crippen LogP contribution in [-0.2, 0) is 16.1 Å². The van der Waals surface area contributed by atoms with Gasteiger partial charge in [0.05, 0.1) is 12.7 Å². The maximum atomic E-state index is 11.9. The molecule has 1 amide bonds. The summed E-state index contributed by atoms with van der Waals surface area (Å²) in [7, 11) is 0. The van der Waals surface area contributed by atoms with Gasteiger partial charge in [-0.1, -0.05) is 0 Å². The summed E-state index contributed by atoms with van der Waals surface area (Å²) in [5.74, 6) is -2.31. The number of aromatic amines is 1. The maximum Gasteiger partial charge on any atom is 0.322 e. The van der Waals surface area contributed by atoms with Gasteiger partial charge in [0.1, 0.15) is 17.9 Å². The lowest BCUT2D eigenvalue weighted by Crippen LogP contribution is -2.23.